The maximum atomic E-state index is 12.2. The van der Waals surface area contributed by atoms with E-state index in [1.54, 1.807) is 0 Å². The Kier molecular flexibility index (Phi) is 6.23. The third kappa shape index (κ3) is 4.42. The first-order valence-corrected chi connectivity index (χ1v) is 11.7. The van der Waals surface area contributed by atoms with E-state index < -0.39 is 0 Å². The van der Waals surface area contributed by atoms with Gasteiger partial charge in [-0.15, -0.1) is 11.3 Å². The predicted octanol–water partition coefficient (Wildman–Crippen LogP) is 5.74. The molecule has 2 aromatic carbocycles. The molecule has 0 saturated carbocycles. The lowest BCUT2D eigenvalue weighted by Gasteiger charge is -2.18. The number of amides is 1. The Bertz CT molecular complexity index is 1200. The normalized spacial score (nSPS) is 11.2. The third-order valence-electron chi connectivity index (χ3n) is 6.18. The molecular formula is C26H29N3OS. The molecule has 4 nitrogen and oxygen atoms in total. The van der Waals surface area contributed by atoms with Crippen LogP contribution in [0.15, 0.2) is 47.8 Å². The molecule has 4 rings (SSSR count). The van der Waals surface area contributed by atoms with E-state index in [4.69, 9.17) is 4.98 Å². The van der Waals surface area contributed by atoms with Crippen molar-refractivity contribution in [1.29, 1.82) is 0 Å². The van der Waals surface area contributed by atoms with E-state index in [0.29, 0.717) is 6.54 Å². The van der Waals surface area contributed by atoms with Gasteiger partial charge in [-0.25, -0.2) is 4.98 Å². The second-order valence-electron chi connectivity index (χ2n) is 8.18. The second kappa shape index (κ2) is 9.06. The number of nitrogens with one attached hydrogen (secondary N) is 1. The smallest absolute Gasteiger partial charge is 0.261 e. The van der Waals surface area contributed by atoms with Crippen molar-refractivity contribution in [2.75, 3.05) is 6.54 Å². The van der Waals surface area contributed by atoms with E-state index in [-0.39, 0.29) is 5.91 Å². The molecule has 0 atom stereocenters. The van der Waals surface area contributed by atoms with Crippen molar-refractivity contribution < 1.29 is 4.79 Å². The predicted molar refractivity (Wildman–Crippen MR) is 129 cm³/mol. The number of aryl methyl sites for hydroxylation is 3. The molecule has 0 spiro atoms. The number of benzene rings is 2. The number of aromatic nitrogens is 2. The van der Waals surface area contributed by atoms with Crippen molar-refractivity contribution in [1.82, 2.24) is 14.9 Å². The number of hydrogen-bond donors (Lipinski definition) is 1. The van der Waals surface area contributed by atoms with Crippen molar-refractivity contribution in [2.24, 2.45) is 0 Å². The number of imidazole rings is 1. The number of para-hydroxylation sites is 2. The molecule has 160 valence electrons. The first kappa shape index (κ1) is 21.3. The third-order valence-corrected chi connectivity index (χ3v) is 7.05. The Hall–Kier alpha value is -2.92. The van der Waals surface area contributed by atoms with Crippen LogP contribution in [0.2, 0.25) is 0 Å². The van der Waals surface area contributed by atoms with Crippen LogP contribution in [0, 0.1) is 27.7 Å². The van der Waals surface area contributed by atoms with Crippen molar-refractivity contribution >= 4 is 28.3 Å². The molecule has 2 aromatic heterocycles. The van der Waals surface area contributed by atoms with E-state index in [1.165, 1.54) is 39.2 Å². The standard InChI is InChI=1S/C26H29N3OS/c1-17-15-18(2)20(4)21(19(17)3)16-29-23-10-6-5-9-22(23)28-25(29)12-7-13-27-26(30)24-11-8-14-31-24/h5-6,8-11,14-15H,7,12-13,16H2,1-4H3,(H,27,30). The van der Waals surface area contributed by atoms with Crippen LogP contribution in [-0.4, -0.2) is 22.0 Å². The maximum absolute atomic E-state index is 12.2. The van der Waals surface area contributed by atoms with Crippen LogP contribution in [0.3, 0.4) is 0 Å². The van der Waals surface area contributed by atoms with Gasteiger partial charge in [-0.2, -0.15) is 0 Å². The molecule has 0 aliphatic heterocycles. The highest BCUT2D eigenvalue weighted by Crippen LogP contribution is 2.26. The zero-order chi connectivity index (χ0) is 22.0. The first-order chi connectivity index (χ1) is 15.0. The summed E-state index contributed by atoms with van der Waals surface area (Å²) < 4.78 is 2.35. The summed E-state index contributed by atoms with van der Waals surface area (Å²) in [5, 5.41) is 4.95. The monoisotopic (exact) mass is 431 g/mol. The summed E-state index contributed by atoms with van der Waals surface area (Å²) in [6.07, 6.45) is 1.67. The van der Waals surface area contributed by atoms with Gasteiger partial charge in [0.15, 0.2) is 0 Å². The number of carbonyl (C=O) groups excluding carboxylic acids is 1. The Morgan fingerprint density at radius 2 is 1.77 bits per heavy atom. The average Bonchev–Trinajstić information content (AvgIpc) is 3.41. The molecule has 0 radical (unpaired) electrons. The molecule has 4 aromatic rings. The lowest BCUT2D eigenvalue weighted by molar-refractivity contribution is 0.0957. The number of rotatable bonds is 7. The van der Waals surface area contributed by atoms with Gasteiger partial charge in [-0.1, -0.05) is 24.3 Å². The summed E-state index contributed by atoms with van der Waals surface area (Å²) in [5.74, 6) is 1.08. The van der Waals surface area contributed by atoms with E-state index in [2.05, 4.69) is 61.8 Å². The van der Waals surface area contributed by atoms with E-state index in [9.17, 15) is 4.79 Å². The number of carbonyl (C=O) groups is 1. The van der Waals surface area contributed by atoms with Crippen LogP contribution < -0.4 is 5.32 Å². The number of fused-ring (bicyclic) bond motifs is 1. The van der Waals surface area contributed by atoms with Gasteiger partial charge in [-0.3, -0.25) is 4.79 Å². The van der Waals surface area contributed by atoms with E-state index >= 15 is 0 Å². The molecule has 31 heavy (non-hydrogen) atoms. The van der Waals surface area contributed by atoms with E-state index in [1.807, 2.05) is 23.6 Å². The Morgan fingerprint density at radius 1 is 1.03 bits per heavy atom. The molecular weight excluding hydrogens is 402 g/mol. The first-order valence-electron chi connectivity index (χ1n) is 10.8. The fraction of sp³-hybridized carbons (Fsp3) is 0.308. The molecule has 0 unspecified atom stereocenters. The summed E-state index contributed by atoms with van der Waals surface area (Å²) >= 11 is 1.47. The minimum Gasteiger partial charge on any atom is -0.351 e. The van der Waals surface area contributed by atoms with Gasteiger partial charge < -0.3 is 9.88 Å². The molecule has 0 fully saturated rings. The van der Waals surface area contributed by atoms with Crippen molar-refractivity contribution in [3.63, 3.8) is 0 Å². The largest absolute Gasteiger partial charge is 0.351 e. The van der Waals surface area contributed by atoms with Crippen molar-refractivity contribution in [3.8, 4) is 0 Å². The van der Waals surface area contributed by atoms with Crippen LogP contribution in [0.4, 0.5) is 0 Å². The van der Waals surface area contributed by atoms with Crippen LogP contribution in [-0.2, 0) is 13.0 Å². The average molecular weight is 432 g/mol. The molecule has 1 N–H and O–H groups in total. The Labute approximate surface area is 188 Å². The number of hydrogen-bond acceptors (Lipinski definition) is 3. The lowest BCUT2D eigenvalue weighted by Crippen LogP contribution is -2.24. The second-order valence-corrected chi connectivity index (χ2v) is 9.13. The van der Waals surface area contributed by atoms with Crippen molar-refractivity contribution in [2.45, 2.75) is 47.1 Å². The summed E-state index contributed by atoms with van der Waals surface area (Å²) in [4.78, 5) is 17.9. The maximum Gasteiger partial charge on any atom is 0.261 e. The Balaban J connectivity index is 1.56. The molecule has 1 amide bonds. The minimum atomic E-state index is 0.00462. The highest BCUT2D eigenvalue weighted by atomic mass is 32.1. The molecule has 0 saturated heterocycles. The van der Waals surface area contributed by atoms with Gasteiger partial charge in [0.1, 0.15) is 5.82 Å². The van der Waals surface area contributed by atoms with E-state index in [0.717, 1.165) is 41.1 Å². The van der Waals surface area contributed by atoms with Crippen LogP contribution in [0.5, 0.6) is 0 Å². The summed E-state index contributed by atoms with van der Waals surface area (Å²) in [6, 6.07) is 14.4. The van der Waals surface area contributed by atoms with Crippen LogP contribution in [0.1, 0.15) is 49.7 Å². The van der Waals surface area contributed by atoms with Gasteiger partial charge >= 0.3 is 0 Å². The fourth-order valence-electron chi connectivity index (χ4n) is 4.13. The molecule has 0 aliphatic rings. The number of thiophene rings is 1. The molecule has 0 bridgehead atoms. The topological polar surface area (TPSA) is 46.9 Å². The van der Waals surface area contributed by atoms with Gasteiger partial charge in [0.05, 0.1) is 15.9 Å². The fourth-order valence-corrected chi connectivity index (χ4v) is 4.77. The molecule has 5 heteroatoms. The SMILES string of the molecule is Cc1cc(C)c(C)c(Cn2c(CCCNC(=O)c3cccs3)nc3ccccc32)c1C. The molecule has 2 heterocycles. The van der Waals surface area contributed by atoms with Gasteiger partial charge in [-0.05, 0) is 85.5 Å². The van der Waals surface area contributed by atoms with Gasteiger partial charge in [0.2, 0.25) is 0 Å². The molecule has 0 aliphatic carbocycles. The zero-order valence-electron chi connectivity index (χ0n) is 18.7. The summed E-state index contributed by atoms with van der Waals surface area (Å²) in [6.45, 7) is 10.3. The van der Waals surface area contributed by atoms with Crippen molar-refractivity contribution in [3.05, 3.63) is 86.4 Å². The quantitative estimate of drug-likeness (QED) is 0.379. The van der Waals surface area contributed by atoms with Crippen LogP contribution >= 0.6 is 11.3 Å². The van der Waals surface area contributed by atoms with Gasteiger partial charge in [0.25, 0.3) is 5.91 Å². The zero-order valence-corrected chi connectivity index (χ0v) is 19.5. The van der Waals surface area contributed by atoms with Gasteiger partial charge in [0, 0.05) is 19.5 Å². The summed E-state index contributed by atoms with van der Waals surface area (Å²) in [5.41, 5.74) is 8.96. The van der Waals surface area contributed by atoms with Crippen LogP contribution in [0.25, 0.3) is 11.0 Å². The highest BCUT2D eigenvalue weighted by Gasteiger charge is 2.15. The lowest BCUT2D eigenvalue weighted by atomic mass is 9.94. The minimum absolute atomic E-state index is 0.00462. The summed E-state index contributed by atoms with van der Waals surface area (Å²) in [7, 11) is 0. The highest BCUT2D eigenvalue weighted by molar-refractivity contribution is 7.12. The Morgan fingerprint density at radius 3 is 2.48 bits per heavy atom. The number of nitrogens with zero attached hydrogens (tertiary/aromatic N) is 2.